The maximum Gasteiger partial charge on any atom is 0.329 e. The van der Waals surface area contributed by atoms with Gasteiger partial charge in [0.15, 0.2) is 0 Å². The molecule has 1 amide bonds. The second-order valence-electron chi connectivity index (χ2n) is 9.44. The molecule has 0 saturated carbocycles. The minimum absolute atomic E-state index is 0.218. The second kappa shape index (κ2) is 10.7. The number of aryl methyl sites for hydroxylation is 3. The number of ketones is 1. The van der Waals surface area contributed by atoms with E-state index in [1.165, 1.54) is 22.2 Å². The van der Waals surface area contributed by atoms with E-state index in [9.17, 15) is 14.4 Å². The van der Waals surface area contributed by atoms with Gasteiger partial charge < -0.3 is 9.64 Å². The highest BCUT2D eigenvalue weighted by Gasteiger charge is 2.49. The van der Waals surface area contributed by atoms with E-state index in [1.54, 1.807) is 0 Å². The fraction of sp³-hybridized carbons (Fsp3) is 0.444. The fourth-order valence-electron chi connectivity index (χ4n) is 4.49. The van der Waals surface area contributed by atoms with E-state index in [4.69, 9.17) is 4.74 Å². The lowest BCUT2D eigenvalue weighted by Gasteiger charge is -2.33. The average molecular weight is 483 g/mol. The molecule has 3 rings (SSSR count). The molecule has 0 aromatic heterocycles. The van der Waals surface area contributed by atoms with Gasteiger partial charge in [0.1, 0.15) is 12.6 Å². The normalized spacial score (nSPS) is 17.1. The van der Waals surface area contributed by atoms with Crippen LogP contribution in [0.5, 0.6) is 0 Å². The molecule has 0 bridgehead atoms. The zero-order valence-corrected chi connectivity index (χ0v) is 21.7. The molecule has 2 aromatic carbocycles. The molecule has 0 spiro atoms. The van der Waals surface area contributed by atoms with E-state index in [-0.39, 0.29) is 6.61 Å². The van der Waals surface area contributed by atoms with Gasteiger partial charge >= 0.3 is 5.97 Å². The number of hydrogen-bond donors (Lipinski definition) is 0. The Balaban J connectivity index is 1.66. The van der Waals surface area contributed by atoms with E-state index >= 15 is 0 Å². The molecule has 1 atom stereocenters. The van der Waals surface area contributed by atoms with Crippen LogP contribution in [-0.2, 0) is 20.9 Å². The molecule has 0 radical (unpaired) electrons. The van der Waals surface area contributed by atoms with Gasteiger partial charge in [-0.1, -0.05) is 48.0 Å². The number of thioether (sulfide) groups is 1. The Labute approximate surface area is 206 Å². The van der Waals surface area contributed by atoms with Gasteiger partial charge in [-0.15, -0.1) is 11.8 Å². The SMILES string of the molecule is Cc1cc(C)c(C(=O)C(=O)N2[C@H](C(=O)OCCN(C)Cc3ccccc3)CSC2(C)C)c(C)c1. The number of esters is 1. The number of benzene rings is 2. The van der Waals surface area contributed by atoms with Crippen molar-refractivity contribution in [2.75, 3.05) is 26.0 Å². The highest BCUT2D eigenvalue weighted by atomic mass is 32.2. The molecule has 1 saturated heterocycles. The molecule has 1 heterocycles. The topological polar surface area (TPSA) is 66.9 Å². The molecule has 6 nitrogen and oxygen atoms in total. The summed E-state index contributed by atoms with van der Waals surface area (Å²) in [6, 6.07) is 13.1. The first-order valence-electron chi connectivity index (χ1n) is 11.5. The number of ether oxygens (including phenoxy) is 1. The largest absolute Gasteiger partial charge is 0.463 e. The molecule has 34 heavy (non-hydrogen) atoms. The van der Waals surface area contributed by atoms with E-state index in [1.807, 2.05) is 72.0 Å². The van der Waals surface area contributed by atoms with Crippen LogP contribution < -0.4 is 0 Å². The third-order valence-corrected chi connectivity index (χ3v) is 7.47. The molecular weight excluding hydrogens is 448 g/mol. The van der Waals surface area contributed by atoms with Gasteiger partial charge in [-0.3, -0.25) is 14.5 Å². The van der Waals surface area contributed by atoms with Crippen LogP contribution in [0.3, 0.4) is 0 Å². The number of likely N-dealkylation sites (N-methyl/N-ethyl adjacent to an activating group) is 1. The van der Waals surface area contributed by atoms with E-state index < -0.39 is 28.6 Å². The van der Waals surface area contributed by atoms with Crippen LogP contribution in [0.4, 0.5) is 0 Å². The second-order valence-corrected chi connectivity index (χ2v) is 11.1. The first kappa shape index (κ1) is 26.0. The zero-order valence-electron chi connectivity index (χ0n) is 20.9. The summed E-state index contributed by atoms with van der Waals surface area (Å²) in [5.74, 6) is -1.31. The maximum atomic E-state index is 13.4. The van der Waals surface area contributed by atoms with Crippen LogP contribution in [0.15, 0.2) is 42.5 Å². The lowest BCUT2D eigenvalue weighted by molar-refractivity contribution is -0.154. The molecule has 182 valence electrons. The third-order valence-electron chi connectivity index (χ3n) is 6.09. The van der Waals surface area contributed by atoms with Gasteiger partial charge in [0.05, 0.1) is 4.87 Å². The Kier molecular flexibility index (Phi) is 8.21. The standard InChI is InChI=1S/C27H34N2O4S/c1-18-14-19(2)23(20(3)15-18)24(30)25(31)29-22(17-34-27(29,4)5)26(32)33-13-12-28(6)16-21-10-8-7-9-11-21/h7-11,14-15,22H,12-13,16-17H2,1-6H3/t22-/m0/s1. The van der Waals surface area contributed by atoms with Crippen molar-refractivity contribution in [2.45, 2.75) is 52.1 Å². The summed E-state index contributed by atoms with van der Waals surface area (Å²) < 4.78 is 5.56. The van der Waals surface area contributed by atoms with Crippen LogP contribution in [0.25, 0.3) is 0 Å². The molecule has 0 unspecified atom stereocenters. The molecule has 1 aliphatic rings. The van der Waals surface area contributed by atoms with Gasteiger partial charge in [-0.25, -0.2) is 4.79 Å². The summed E-state index contributed by atoms with van der Waals surface area (Å²) in [6.45, 7) is 10.9. The van der Waals surface area contributed by atoms with Gasteiger partial charge in [0.25, 0.3) is 11.7 Å². The lowest BCUT2D eigenvalue weighted by Crippen LogP contribution is -2.53. The maximum absolute atomic E-state index is 13.4. The van der Waals surface area contributed by atoms with E-state index in [0.717, 1.165) is 23.2 Å². The summed E-state index contributed by atoms with van der Waals surface area (Å²) in [6.07, 6.45) is 0. The number of nitrogens with zero attached hydrogens (tertiary/aromatic N) is 2. The van der Waals surface area contributed by atoms with Crippen molar-refractivity contribution in [1.82, 2.24) is 9.80 Å². The van der Waals surface area contributed by atoms with Gasteiger partial charge in [-0.2, -0.15) is 0 Å². The van der Waals surface area contributed by atoms with Gasteiger partial charge in [0, 0.05) is 24.4 Å². The summed E-state index contributed by atoms with van der Waals surface area (Å²) in [7, 11) is 1.97. The van der Waals surface area contributed by atoms with Crippen LogP contribution in [0, 0.1) is 20.8 Å². The Hall–Kier alpha value is -2.64. The monoisotopic (exact) mass is 482 g/mol. The van der Waals surface area contributed by atoms with Crippen LogP contribution >= 0.6 is 11.8 Å². The van der Waals surface area contributed by atoms with Crippen molar-refractivity contribution in [2.24, 2.45) is 0 Å². The number of amides is 1. The molecule has 2 aromatic rings. The lowest BCUT2D eigenvalue weighted by atomic mass is 9.95. The summed E-state index contributed by atoms with van der Waals surface area (Å²) >= 11 is 1.48. The van der Waals surface area contributed by atoms with E-state index in [2.05, 4.69) is 17.0 Å². The van der Waals surface area contributed by atoms with Crippen molar-refractivity contribution in [3.63, 3.8) is 0 Å². The Morgan fingerprint density at radius 2 is 1.71 bits per heavy atom. The predicted molar refractivity (Wildman–Crippen MR) is 136 cm³/mol. The smallest absolute Gasteiger partial charge is 0.329 e. The van der Waals surface area contributed by atoms with Gasteiger partial charge in [0.2, 0.25) is 0 Å². The Morgan fingerprint density at radius 1 is 1.09 bits per heavy atom. The number of Topliss-reactive ketones (excluding diaryl/α,β-unsaturated/α-hetero) is 1. The summed E-state index contributed by atoms with van der Waals surface area (Å²) in [5.41, 5.74) is 4.16. The minimum atomic E-state index is -0.790. The molecular formula is C27H34N2O4S. The molecule has 1 fully saturated rings. The quantitative estimate of drug-likeness (QED) is 0.320. The fourth-order valence-corrected chi connectivity index (χ4v) is 5.69. The van der Waals surface area contributed by atoms with Crippen molar-refractivity contribution < 1.29 is 19.1 Å². The number of hydrogen-bond acceptors (Lipinski definition) is 6. The van der Waals surface area contributed by atoms with Crippen LogP contribution in [0.1, 0.15) is 46.5 Å². The van der Waals surface area contributed by atoms with Crippen molar-refractivity contribution in [3.05, 3.63) is 70.3 Å². The Morgan fingerprint density at radius 3 is 2.32 bits per heavy atom. The first-order chi connectivity index (χ1) is 16.0. The first-order valence-corrected chi connectivity index (χ1v) is 12.5. The summed E-state index contributed by atoms with van der Waals surface area (Å²) in [5, 5.41) is 0. The zero-order chi connectivity index (χ0) is 25.0. The van der Waals surface area contributed by atoms with Crippen molar-refractivity contribution in [3.8, 4) is 0 Å². The average Bonchev–Trinajstić information content (AvgIpc) is 3.08. The van der Waals surface area contributed by atoms with Crippen molar-refractivity contribution in [1.29, 1.82) is 0 Å². The number of carbonyl (C=O) groups is 3. The molecule has 7 heteroatoms. The molecule has 0 aliphatic carbocycles. The van der Waals surface area contributed by atoms with Crippen LogP contribution in [0.2, 0.25) is 0 Å². The minimum Gasteiger partial charge on any atom is -0.463 e. The summed E-state index contributed by atoms with van der Waals surface area (Å²) in [4.78, 5) is 42.4. The number of rotatable bonds is 8. The molecule has 1 aliphatic heterocycles. The predicted octanol–water partition coefficient (Wildman–Crippen LogP) is 4.15. The van der Waals surface area contributed by atoms with Crippen molar-refractivity contribution >= 4 is 29.4 Å². The third kappa shape index (κ3) is 5.88. The van der Waals surface area contributed by atoms with Crippen LogP contribution in [-0.4, -0.2) is 64.3 Å². The Bertz CT molecular complexity index is 1040. The molecule has 0 N–H and O–H groups in total. The number of carbonyl (C=O) groups excluding carboxylic acids is 3. The van der Waals surface area contributed by atoms with Gasteiger partial charge in [-0.05, 0) is 58.4 Å². The highest BCUT2D eigenvalue weighted by Crippen LogP contribution is 2.40. The van der Waals surface area contributed by atoms with E-state index in [0.29, 0.717) is 17.9 Å². The highest BCUT2D eigenvalue weighted by molar-refractivity contribution is 8.00.